The Bertz CT molecular complexity index is 572. The minimum absolute atomic E-state index is 0.0790. The molecular weight excluding hydrogens is 465 g/mol. The van der Waals surface area contributed by atoms with Crippen LogP contribution in [0.15, 0.2) is 24.3 Å². The molecule has 3 nitrogen and oxygen atoms in total. The molecule has 1 aliphatic heterocycles. The molecule has 1 heterocycles. The number of esters is 1. The van der Waals surface area contributed by atoms with Gasteiger partial charge in [-0.15, -0.1) is 0 Å². The van der Waals surface area contributed by atoms with E-state index in [2.05, 4.69) is 57.0 Å². The van der Waals surface area contributed by atoms with Crippen LogP contribution in [0.25, 0.3) is 0 Å². The van der Waals surface area contributed by atoms with Crippen LogP contribution in [0.5, 0.6) is 0 Å². The quantitative estimate of drug-likeness (QED) is 0.257. The predicted molar refractivity (Wildman–Crippen MR) is 127 cm³/mol. The van der Waals surface area contributed by atoms with Gasteiger partial charge < -0.3 is 0 Å². The molecular formula is C25H43NO2Sn. The number of ether oxygens (including phenoxy) is 1. The van der Waals surface area contributed by atoms with E-state index in [-0.39, 0.29) is 12.1 Å². The van der Waals surface area contributed by atoms with E-state index < -0.39 is 18.4 Å². The van der Waals surface area contributed by atoms with E-state index in [9.17, 15) is 4.79 Å². The van der Waals surface area contributed by atoms with Gasteiger partial charge in [0.1, 0.15) is 0 Å². The van der Waals surface area contributed by atoms with Gasteiger partial charge in [0.25, 0.3) is 0 Å². The predicted octanol–water partition coefficient (Wildman–Crippen LogP) is 5.99. The number of rotatable bonds is 12. The van der Waals surface area contributed by atoms with Crippen LogP contribution < -0.4 is 3.58 Å². The van der Waals surface area contributed by atoms with Crippen molar-refractivity contribution < 1.29 is 9.53 Å². The molecule has 2 rings (SSSR count). The second kappa shape index (κ2) is 13.0. The number of piperidine rings is 1. The third-order valence-corrected chi connectivity index (χ3v) is 22.4. The van der Waals surface area contributed by atoms with Gasteiger partial charge in [0.15, 0.2) is 0 Å². The average Bonchev–Trinajstić information content (AvgIpc) is 2.75. The molecule has 0 aromatic heterocycles. The van der Waals surface area contributed by atoms with Gasteiger partial charge in [-0.05, 0) is 0 Å². The van der Waals surface area contributed by atoms with Crippen molar-refractivity contribution in [3.05, 3.63) is 29.8 Å². The minimum atomic E-state index is -2.40. The summed E-state index contributed by atoms with van der Waals surface area (Å²) in [7, 11) is 2.13. The molecule has 4 heteroatoms. The first kappa shape index (κ1) is 24.7. The number of benzene rings is 1. The summed E-state index contributed by atoms with van der Waals surface area (Å²) in [5, 5.41) is 0. The van der Waals surface area contributed by atoms with Crippen molar-refractivity contribution >= 4 is 27.9 Å². The number of hydrogen-bond donors (Lipinski definition) is 0. The van der Waals surface area contributed by atoms with E-state index in [1.807, 2.05) is 0 Å². The van der Waals surface area contributed by atoms with Crippen LogP contribution in [0.3, 0.4) is 0 Å². The van der Waals surface area contributed by atoms with Crippen molar-refractivity contribution in [3.63, 3.8) is 0 Å². The monoisotopic (exact) mass is 509 g/mol. The molecule has 1 aliphatic rings. The average molecular weight is 508 g/mol. The van der Waals surface area contributed by atoms with Gasteiger partial charge in [-0.25, -0.2) is 0 Å². The molecule has 0 radical (unpaired) electrons. The second-order valence-corrected chi connectivity index (χ2v) is 22.3. The molecule has 0 bridgehead atoms. The summed E-state index contributed by atoms with van der Waals surface area (Å²) in [6.07, 6.45) is 9.94. The third kappa shape index (κ3) is 7.57. The van der Waals surface area contributed by atoms with Crippen LogP contribution in [0.1, 0.15) is 82.5 Å². The van der Waals surface area contributed by atoms with E-state index in [0.29, 0.717) is 0 Å². The third-order valence-electron chi connectivity index (χ3n) is 6.70. The molecule has 0 spiro atoms. The molecule has 0 amide bonds. The molecule has 0 N–H and O–H groups in total. The molecule has 1 saturated heterocycles. The van der Waals surface area contributed by atoms with Gasteiger partial charge in [0, 0.05) is 0 Å². The van der Waals surface area contributed by atoms with Crippen molar-refractivity contribution in [1.29, 1.82) is 0 Å². The Kier molecular flexibility index (Phi) is 11.1. The molecule has 1 fully saturated rings. The van der Waals surface area contributed by atoms with Gasteiger partial charge in [-0.3, -0.25) is 0 Å². The molecule has 0 saturated carbocycles. The topological polar surface area (TPSA) is 29.5 Å². The van der Waals surface area contributed by atoms with Gasteiger partial charge in [-0.1, -0.05) is 0 Å². The Morgan fingerprint density at radius 3 is 1.86 bits per heavy atom. The normalized spacial score (nSPS) is 16.1. The van der Waals surface area contributed by atoms with Crippen LogP contribution in [-0.2, 0) is 4.74 Å². The SMILES string of the molecule is CCC[CH2][Sn]([CH2]CCC)([CH2]CCC)[c]1ccc(C(=O)OC2CCN(C)CC2)cc1. The number of unbranched alkanes of at least 4 members (excludes halogenated alkanes) is 3. The first-order valence-corrected chi connectivity index (χ1v) is 19.5. The summed E-state index contributed by atoms with van der Waals surface area (Å²) in [4.78, 5) is 15.0. The molecule has 0 aliphatic carbocycles. The number of nitrogens with zero attached hydrogens (tertiary/aromatic N) is 1. The summed E-state index contributed by atoms with van der Waals surface area (Å²) in [6, 6.07) is 8.73. The van der Waals surface area contributed by atoms with E-state index >= 15 is 0 Å². The number of hydrogen-bond acceptors (Lipinski definition) is 3. The van der Waals surface area contributed by atoms with Crippen LogP contribution in [0, 0.1) is 0 Å². The molecule has 1 aromatic rings. The first-order valence-electron chi connectivity index (χ1n) is 12.0. The van der Waals surface area contributed by atoms with Crippen molar-refractivity contribution in [3.8, 4) is 0 Å². The number of likely N-dealkylation sites (tertiary alicyclic amines) is 1. The fraction of sp³-hybridized carbons (Fsp3) is 0.720. The maximum absolute atomic E-state index is 12.7. The van der Waals surface area contributed by atoms with Crippen molar-refractivity contribution in [1.82, 2.24) is 4.90 Å². The number of carbonyl (C=O) groups is 1. The zero-order valence-corrected chi connectivity index (χ0v) is 22.2. The van der Waals surface area contributed by atoms with Crippen LogP contribution >= 0.6 is 0 Å². The molecule has 29 heavy (non-hydrogen) atoms. The van der Waals surface area contributed by atoms with Crippen LogP contribution in [0.2, 0.25) is 13.3 Å². The Morgan fingerprint density at radius 1 is 0.931 bits per heavy atom. The first-order chi connectivity index (χ1) is 14.0. The van der Waals surface area contributed by atoms with Crippen LogP contribution in [-0.4, -0.2) is 55.5 Å². The van der Waals surface area contributed by atoms with Crippen LogP contribution in [0.4, 0.5) is 0 Å². The zero-order chi connectivity index (χ0) is 21.1. The molecule has 164 valence electrons. The molecule has 0 atom stereocenters. The van der Waals surface area contributed by atoms with E-state index in [1.54, 1.807) is 3.58 Å². The fourth-order valence-electron chi connectivity index (χ4n) is 4.64. The second-order valence-electron chi connectivity index (χ2n) is 9.08. The maximum atomic E-state index is 12.7. The van der Waals surface area contributed by atoms with E-state index in [0.717, 1.165) is 31.5 Å². The Balaban J connectivity index is 2.12. The summed E-state index contributed by atoms with van der Waals surface area (Å²) < 4.78 is 11.8. The summed E-state index contributed by atoms with van der Waals surface area (Å²) in [5.74, 6) is -0.137. The van der Waals surface area contributed by atoms with E-state index in [1.165, 1.54) is 51.8 Å². The Hall–Kier alpha value is -0.551. The standard InChI is InChI=1S/C13H16NO2.3C4H9.Sn/c1-14-9-7-12(8-10-14)16-13(15)11-5-3-2-4-6-11;3*1-3-4-2;/h3-6,12H,7-10H2,1H3;3*1,3-4H2,2H3;. The summed E-state index contributed by atoms with van der Waals surface area (Å²) >= 11 is -2.40. The summed E-state index contributed by atoms with van der Waals surface area (Å²) in [6.45, 7) is 8.98. The van der Waals surface area contributed by atoms with Crippen molar-refractivity contribution in [2.75, 3.05) is 20.1 Å². The van der Waals surface area contributed by atoms with Gasteiger partial charge in [-0.2, -0.15) is 0 Å². The van der Waals surface area contributed by atoms with Gasteiger partial charge in [0.2, 0.25) is 0 Å². The Morgan fingerprint density at radius 2 is 1.41 bits per heavy atom. The van der Waals surface area contributed by atoms with Crippen molar-refractivity contribution in [2.24, 2.45) is 0 Å². The van der Waals surface area contributed by atoms with Gasteiger partial charge in [0.05, 0.1) is 0 Å². The fourth-order valence-corrected chi connectivity index (χ4v) is 20.6. The molecule has 0 unspecified atom stereocenters. The van der Waals surface area contributed by atoms with Crippen molar-refractivity contribution in [2.45, 2.75) is 91.6 Å². The summed E-state index contributed by atoms with van der Waals surface area (Å²) in [5.41, 5.74) is 0.731. The van der Waals surface area contributed by atoms with Gasteiger partial charge >= 0.3 is 184 Å². The van der Waals surface area contributed by atoms with E-state index in [4.69, 9.17) is 4.74 Å². The Labute approximate surface area is 183 Å². The number of carbonyl (C=O) groups excluding carboxylic acids is 1. The zero-order valence-electron chi connectivity index (χ0n) is 19.3. The molecule has 1 aromatic carbocycles.